The first-order chi connectivity index (χ1) is 32.1. The van der Waals surface area contributed by atoms with E-state index in [9.17, 15) is 10.4 Å². The van der Waals surface area contributed by atoms with Crippen LogP contribution >= 0.6 is 0 Å². The van der Waals surface area contributed by atoms with Crippen LogP contribution in [0.2, 0.25) is 0 Å². The van der Waals surface area contributed by atoms with Gasteiger partial charge in [-0.2, -0.15) is 0 Å². The predicted molar refractivity (Wildman–Crippen MR) is 269 cm³/mol. The average Bonchev–Trinajstić information content (AvgIpc) is 3.35. The van der Waals surface area contributed by atoms with Crippen LogP contribution in [0.3, 0.4) is 0 Å². The zero-order valence-corrected chi connectivity index (χ0v) is 39.3. The molecule has 344 valence electrons. The summed E-state index contributed by atoms with van der Waals surface area (Å²) in [6.07, 6.45) is 9.73. The number of aryl methyl sites for hydroxylation is 2. The summed E-state index contributed by atoms with van der Waals surface area (Å²) in [6, 6.07) is 32.4. The third kappa shape index (κ3) is 8.70. The number of benzene rings is 4. The van der Waals surface area contributed by atoms with Crippen LogP contribution < -0.4 is 22.1 Å². The van der Waals surface area contributed by atoms with E-state index in [4.69, 9.17) is 11.5 Å². The molecule has 2 saturated heterocycles. The Bertz CT molecular complexity index is 2430. The summed E-state index contributed by atoms with van der Waals surface area (Å²) in [7, 11) is 0. The molecule has 0 radical (unpaired) electrons. The normalized spacial score (nSPS) is 24.3. The van der Waals surface area contributed by atoms with Gasteiger partial charge in [0.2, 0.25) is 0 Å². The van der Waals surface area contributed by atoms with Gasteiger partial charge in [0.05, 0.1) is 10.8 Å². The average molecular weight is 885 g/mol. The largest absolute Gasteiger partial charge is 0.410 e. The Kier molecular flexibility index (Phi) is 14.5. The number of carbonyl (C=O) groups excluding carboxylic acids is 1. The molecule has 4 aromatic carbocycles. The Balaban J connectivity index is 1.45. The van der Waals surface area contributed by atoms with Gasteiger partial charge < -0.3 is 32.5 Å². The van der Waals surface area contributed by atoms with E-state index in [-0.39, 0.29) is 43.6 Å². The number of allylic oxidation sites excluding steroid dienone is 6. The van der Waals surface area contributed by atoms with E-state index in [2.05, 4.69) is 97.2 Å². The topological polar surface area (TPSA) is 158 Å². The first-order valence-corrected chi connectivity index (χ1v) is 24.1. The second-order valence-corrected chi connectivity index (χ2v) is 19.1. The summed E-state index contributed by atoms with van der Waals surface area (Å²) in [4.78, 5) is 17.5. The maximum atomic E-state index is 17.5. The van der Waals surface area contributed by atoms with Crippen molar-refractivity contribution >= 4 is 28.4 Å². The SMILES string of the molecule is Cc1cccc(C2=C(/C(=N/O)c3ccccc3)CC(CCN)(C(=O)C3(CCN)CC(/C(=N/O)c4ccccc4)=C(c4cccc(C)c4C)C=C3C3CCCNC3)C(C3CCCNC3)=C2)c1C. The molecule has 0 bridgehead atoms. The zero-order chi connectivity index (χ0) is 46.4. The molecule has 4 unspecified atom stereocenters. The molecule has 0 saturated carbocycles. The number of ketones is 1. The van der Waals surface area contributed by atoms with Gasteiger partial charge in [0.1, 0.15) is 11.4 Å². The Morgan fingerprint density at radius 3 is 1.36 bits per heavy atom. The van der Waals surface area contributed by atoms with E-state index >= 15 is 4.79 Å². The maximum Gasteiger partial charge on any atom is 0.154 e. The molecule has 2 fully saturated rings. The van der Waals surface area contributed by atoms with Crippen molar-refractivity contribution in [3.63, 3.8) is 0 Å². The van der Waals surface area contributed by atoms with E-state index in [0.717, 1.165) is 130 Å². The molecule has 8 N–H and O–H groups in total. The molecule has 4 aromatic rings. The van der Waals surface area contributed by atoms with E-state index in [1.807, 2.05) is 60.7 Å². The Hall–Kier alpha value is -5.71. The van der Waals surface area contributed by atoms with Crippen LogP contribution in [0.4, 0.5) is 0 Å². The molecular weight excluding hydrogens is 817 g/mol. The quantitative estimate of drug-likeness (QED) is 0.0418. The molecule has 2 aliphatic carbocycles. The summed E-state index contributed by atoms with van der Waals surface area (Å²) in [5.41, 5.74) is 26.3. The minimum absolute atomic E-state index is 0.0452. The van der Waals surface area contributed by atoms with Gasteiger partial charge in [0.25, 0.3) is 0 Å². The van der Waals surface area contributed by atoms with Crippen LogP contribution in [0.5, 0.6) is 0 Å². The molecule has 2 aliphatic heterocycles. The lowest BCUT2D eigenvalue weighted by Gasteiger charge is -2.51. The van der Waals surface area contributed by atoms with Crippen LogP contribution in [0.1, 0.15) is 95.9 Å². The lowest BCUT2D eigenvalue weighted by atomic mass is 9.50. The maximum absolute atomic E-state index is 17.5. The van der Waals surface area contributed by atoms with Gasteiger partial charge in [-0.15, -0.1) is 0 Å². The van der Waals surface area contributed by atoms with Gasteiger partial charge in [-0.3, -0.25) is 4.79 Å². The van der Waals surface area contributed by atoms with Gasteiger partial charge in [0.15, 0.2) is 5.78 Å². The highest BCUT2D eigenvalue weighted by Crippen LogP contribution is 2.59. The highest BCUT2D eigenvalue weighted by molar-refractivity contribution is 6.20. The molecule has 9 heteroatoms. The molecule has 0 aromatic heterocycles. The Morgan fingerprint density at radius 1 is 0.606 bits per heavy atom. The van der Waals surface area contributed by atoms with Crippen molar-refractivity contribution in [2.45, 2.75) is 79.1 Å². The smallest absolute Gasteiger partial charge is 0.154 e. The first-order valence-electron chi connectivity index (χ1n) is 24.1. The van der Waals surface area contributed by atoms with Crippen molar-refractivity contribution in [1.29, 1.82) is 0 Å². The predicted octanol–water partition coefficient (Wildman–Crippen LogP) is 9.78. The lowest BCUT2D eigenvalue weighted by Crippen LogP contribution is -2.53. The number of nitrogens with two attached hydrogens (primary N) is 2. The van der Waals surface area contributed by atoms with E-state index in [1.54, 1.807) is 0 Å². The molecular formula is C57H68N6O3. The van der Waals surface area contributed by atoms with Crippen molar-refractivity contribution in [3.05, 3.63) is 176 Å². The van der Waals surface area contributed by atoms with Crippen LogP contribution in [-0.4, -0.2) is 66.9 Å². The van der Waals surface area contributed by atoms with Crippen molar-refractivity contribution in [2.24, 2.45) is 44.4 Å². The minimum atomic E-state index is -1.12. The van der Waals surface area contributed by atoms with Crippen LogP contribution in [0.25, 0.3) is 11.1 Å². The summed E-state index contributed by atoms with van der Waals surface area (Å²) in [5.74, 6) is 0.179. The lowest BCUT2D eigenvalue weighted by molar-refractivity contribution is -0.136. The van der Waals surface area contributed by atoms with Crippen molar-refractivity contribution < 1.29 is 15.2 Å². The van der Waals surface area contributed by atoms with Gasteiger partial charge in [-0.25, -0.2) is 0 Å². The molecule has 9 nitrogen and oxygen atoms in total. The fourth-order valence-electron chi connectivity index (χ4n) is 11.8. The molecule has 8 rings (SSSR count). The first kappa shape index (κ1) is 46.8. The number of nitrogens with one attached hydrogen (secondary N) is 2. The summed E-state index contributed by atoms with van der Waals surface area (Å²) >= 11 is 0. The second-order valence-electron chi connectivity index (χ2n) is 19.1. The third-order valence-electron chi connectivity index (χ3n) is 15.5. The number of rotatable bonds is 14. The standard InChI is InChI=1S/C57H68N6O3/c1-37-15-11-23-45(39(37)3)47-31-51(43-21-13-29-60-35-43)56(25-27-58,33-49(47)53(62-65)41-17-7-5-8-18-41)55(64)57(26-28-59)34-50(54(63-66)42-19-9-6-10-20-42)48(46-24-12-16-38(2)40(46)4)32-52(57)44-22-14-30-61-36-44/h5-12,15-20,23-24,31-32,43-44,60-61,65-66H,13-14,21-22,25-30,33-36,58-59H2,1-4H3/b62-53+,63-54+. The highest BCUT2D eigenvalue weighted by atomic mass is 16.4. The molecule has 0 spiro atoms. The molecule has 0 amide bonds. The van der Waals surface area contributed by atoms with E-state index in [1.165, 1.54) is 0 Å². The van der Waals surface area contributed by atoms with E-state index < -0.39 is 10.8 Å². The number of Topliss-reactive ketones (excluding diaryl/α,β-unsaturated/α-hetero) is 1. The van der Waals surface area contributed by atoms with Gasteiger partial charge in [-0.05, 0) is 173 Å². The van der Waals surface area contributed by atoms with Crippen molar-refractivity contribution in [2.75, 3.05) is 39.3 Å². The molecule has 4 atom stereocenters. The third-order valence-corrected chi connectivity index (χ3v) is 15.5. The van der Waals surface area contributed by atoms with Gasteiger partial charge >= 0.3 is 0 Å². The number of oxime groups is 2. The summed E-state index contributed by atoms with van der Waals surface area (Å²) < 4.78 is 0. The van der Waals surface area contributed by atoms with Crippen LogP contribution in [0.15, 0.2) is 142 Å². The zero-order valence-electron chi connectivity index (χ0n) is 39.3. The van der Waals surface area contributed by atoms with Crippen LogP contribution in [-0.2, 0) is 4.79 Å². The molecule has 4 aliphatic rings. The van der Waals surface area contributed by atoms with Crippen LogP contribution in [0, 0.1) is 50.4 Å². The summed E-state index contributed by atoms with van der Waals surface area (Å²) in [6.45, 7) is 12.4. The summed E-state index contributed by atoms with van der Waals surface area (Å²) in [5, 5.41) is 38.1. The second kappa shape index (κ2) is 20.4. The fraction of sp³-hybridized carbons (Fsp3) is 0.386. The number of nitrogens with zero attached hydrogens (tertiary/aromatic N) is 2. The monoisotopic (exact) mass is 885 g/mol. The highest BCUT2D eigenvalue weighted by Gasteiger charge is 2.58. The van der Waals surface area contributed by atoms with E-state index in [0.29, 0.717) is 24.3 Å². The Labute approximate surface area is 391 Å². The number of carbonyl (C=O) groups is 1. The van der Waals surface area contributed by atoms with Crippen molar-refractivity contribution in [1.82, 2.24) is 10.6 Å². The van der Waals surface area contributed by atoms with Gasteiger partial charge in [0, 0.05) is 24.2 Å². The minimum Gasteiger partial charge on any atom is -0.410 e. The number of hydrogen-bond donors (Lipinski definition) is 6. The Morgan fingerprint density at radius 2 is 1.02 bits per heavy atom. The number of hydrogen-bond acceptors (Lipinski definition) is 9. The fourth-order valence-corrected chi connectivity index (χ4v) is 11.8. The number of piperidine rings is 2. The molecule has 66 heavy (non-hydrogen) atoms. The van der Waals surface area contributed by atoms with Gasteiger partial charge in [-0.1, -0.05) is 131 Å². The molecule has 2 heterocycles. The van der Waals surface area contributed by atoms with Crippen molar-refractivity contribution in [3.8, 4) is 0 Å².